The van der Waals surface area contributed by atoms with E-state index in [9.17, 15) is 13.6 Å². The lowest BCUT2D eigenvalue weighted by Crippen LogP contribution is -2.34. The van der Waals surface area contributed by atoms with Crippen LogP contribution in [0.25, 0.3) is 10.9 Å². The minimum atomic E-state index is -1.01. The molecule has 7 heteroatoms. The number of amides is 1. The van der Waals surface area contributed by atoms with Gasteiger partial charge in [-0.05, 0) is 24.6 Å². The van der Waals surface area contributed by atoms with Gasteiger partial charge in [-0.25, -0.2) is 8.78 Å². The first-order valence-corrected chi connectivity index (χ1v) is 9.57. The van der Waals surface area contributed by atoms with Gasteiger partial charge in [0, 0.05) is 61.1 Å². The molecule has 0 saturated heterocycles. The van der Waals surface area contributed by atoms with E-state index in [1.165, 1.54) is 6.07 Å². The number of fused-ring (bicyclic) bond motifs is 2. The van der Waals surface area contributed by atoms with E-state index in [1.807, 2.05) is 24.3 Å². The molecule has 0 atom stereocenters. The van der Waals surface area contributed by atoms with E-state index >= 15 is 0 Å². The van der Waals surface area contributed by atoms with Gasteiger partial charge in [0.2, 0.25) is 0 Å². The predicted molar refractivity (Wildman–Crippen MR) is 107 cm³/mol. The average molecular weight is 397 g/mol. The van der Waals surface area contributed by atoms with Gasteiger partial charge < -0.3 is 10.4 Å². The number of aromatic nitrogens is 1. The monoisotopic (exact) mass is 397 g/mol. The Hall–Kier alpha value is -2.90. The SMILES string of the molecule is O=C(Nc1ccc(F)c(F)c1)c1c2c(nc3ccccc13)CCN(CCCO)C2. The molecular formula is C22H21F2N3O2. The van der Waals surface area contributed by atoms with Crippen molar-refractivity contribution in [2.45, 2.75) is 19.4 Å². The van der Waals surface area contributed by atoms with E-state index in [0.29, 0.717) is 24.9 Å². The highest BCUT2D eigenvalue weighted by Crippen LogP contribution is 2.29. The van der Waals surface area contributed by atoms with Crippen molar-refractivity contribution < 1.29 is 18.7 Å². The highest BCUT2D eigenvalue weighted by atomic mass is 19.2. The van der Waals surface area contributed by atoms with Crippen molar-refractivity contribution in [3.05, 3.63) is 70.9 Å². The topological polar surface area (TPSA) is 65.5 Å². The van der Waals surface area contributed by atoms with Crippen molar-refractivity contribution >= 4 is 22.5 Å². The van der Waals surface area contributed by atoms with Gasteiger partial charge in [0.1, 0.15) is 0 Å². The maximum atomic E-state index is 13.6. The Morgan fingerprint density at radius 2 is 2.00 bits per heavy atom. The molecule has 0 aliphatic carbocycles. The van der Waals surface area contributed by atoms with Crippen LogP contribution in [0, 0.1) is 11.6 Å². The Labute approximate surface area is 167 Å². The minimum Gasteiger partial charge on any atom is -0.396 e. The van der Waals surface area contributed by atoms with Crippen molar-refractivity contribution in [2.24, 2.45) is 0 Å². The molecular weight excluding hydrogens is 376 g/mol. The number of aliphatic hydroxyl groups is 1. The summed E-state index contributed by atoms with van der Waals surface area (Å²) in [7, 11) is 0. The molecule has 2 N–H and O–H groups in total. The molecule has 2 heterocycles. The number of benzene rings is 2. The Balaban J connectivity index is 1.75. The van der Waals surface area contributed by atoms with Crippen molar-refractivity contribution in [1.82, 2.24) is 9.88 Å². The number of hydrogen-bond acceptors (Lipinski definition) is 4. The van der Waals surface area contributed by atoms with Gasteiger partial charge >= 0.3 is 0 Å². The molecule has 0 bridgehead atoms. The van der Waals surface area contributed by atoms with Gasteiger partial charge in [0.15, 0.2) is 11.6 Å². The summed E-state index contributed by atoms with van der Waals surface area (Å²) in [5.74, 6) is -2.36. The van der Waals surface area contributed by atoms with E-state index in [4.69, 9.17) is 10.1 Å². The van der Waals surface area contributed by atoms with E-state index in [2.05, 4.69) is 10.2 Å². The fraction of sp³-hybridized carbons (Fsp3) is 0.273. The molecule has 2 aromatic carbocycles. The molecule has 0 fully saturated rings. The summed E-state index contributed by atoms with van der Waals surface area (Å²) in [6.45, 7) is 2.20. The van der Waals surface area contributed by atoms with Crippen LogP contribution in [0.5, 0.6) is 0 Å². The molecule has 29 heavy (non-hydrogen) atoms. The van der Waals surface area contributed by atoms with Gasteiger partial charge in [0.25, 0.3) is 5.91 Å². The molecule has 1 amide bonds. The van der Waals surface area contributed by atoms with Crippen LogP contribution in [0.15, 0.2) is 42.5 Å². The second-order valence-corrected chi connectivity index (χ2v) is 7.12. The maximum absolute atomic E-state index is 13.6. The molecule has 1 aliphatic rings. The lowest BCUT2D eigenvalue weighted by atomic mass is 9.95. The van der Waals surface area contributed by atoms with Crippen molar-refractivity contribution in [2.75, 3.05) is 25.0 Å². The molecule has 5 nitrogen and oxygen atoms in total. The third-order valence-corrected chi connectivity index (χ3v) is 5.16. The normalized spacial score (nSPS) is 14.0. The number of rotatable bonds is 5. The quantitative estimate of drug-likeness (QED) is 0.692. The molecule has 0 saturated carbocycles. The van der Waals surface area contributed by atoms with Crippen LogP contribution in [0.1, 0.15) is 28.0 Å². The fourth-order valence-corrected chi connectivity index (χ4v) is 3.76. The number of para-hydroxylation sites is 1. The minimum absolute atomic E-state index is 0.114. The lowest BCUT2D eigenvalue weighted by molar-refractivity contribution is 0.102. The second kappa shape index (κ2) is 8.23. The molecule has 0 spiro atoms. The number of halogens is 2. The Bertz CT molecular complexity index is 1070. The fourth-order valence-electron chi connectivity index (χ4n) is 3.76. The zero-order valence-electron chi connectivity index (χ0n) is 15.8. The Morgan fingerprint density at radius 3 is 2.79 bits per heavy atom. The van der Waals surface area contributed by atoms with Gasteiger partial charge in [-0.3, -0.25) is 14.7 Å². The van der Waals surface area contributed by atoms with Crippen LogP contribution in [-0.4, -0.2) is 40.6 Å². The second-order valence-electron chi connectivity index (χ2n) is 7.12. The van der Waals surface area contributed by atoms with E-state index in [1.54, 1.807) is 0 Å². The lowest BCUT2D eigenvalue weighted by Gasteiger charge is -2.30. The van der Waals surface area contributed by atoms with Crippen LogP contribution in [0.3, 0.4) is 0 Å². The number of aliphatic hydroxyl groups excluding tert-OH is 1. The van der Waals surface area contributed by atoms with Crippen molar-refractivity contribution in [3.8, 4) is 0 Å². The molecule has 3 aromatic rings. The van der Waals surface area contributed by atoms with E-state index < -0.39 is 11.6 Å². The summed E-state index contributed by atoms with van der Waals surface area (Å²) >= 11 is 0. The zero-order chi connectivity index (χ0) is 20.4. The van der Waals surface area contributed by atoms with Gasteiger partial charge in [-0.2, -0.15) is 0 Å². The number of nitrogens with zero attached hydrogens (tertiary/aromatic N) is 2. The third-order valence-electron chi connectivity index (χ3n) is 5.16. The number of nitrogens with one attached hydrogen (secondary N) is 1. The van der Waals surface area contributed by atoms with Crippen LogP contribution < -0.4 is 5.32 Å². The Morgan fingerprint density at radius 1 is 1.17 bits per heavy atom. The van der Waals surface area contributed by atoms with Crippen LogP contribution in [0.2, 0.25) is 0 Å². The molecule has 1 aromatic heterocycles. The van der Waals surface area contributed by atoms with Gasteiger partial charge in [-0.15, -0.1) is 0 Å². The van der Waals surface area contributed by atoms with Crippen LogP contribution in [0.4, 0.5) is 14.5 Å². The summed E-state index contributed by atoms with van der Waals surface area (Å²) in [4.78, 5) is 20.1. The van der Waals surface area contributed by atoms with Crippen LogP contribution in [-0.2, 0) is 13.0 Å². The maximum Gasteiger partial charge on any atom is 0.256 e. The first-order chi connectivity index (χ1) is 14.1. The average Bonchev–Trinajstić information content (AvgIpc) is 2.73. The first kappa shape index (κ1) is 19.4. The summed E-state index contributed by atoms with van der Waals surface area (Å²) in [6.07, 6.45) is 1.36. The zero-order valence-corrected chi connectivity index (χ0v) is 15.8. The summed E-state index contributed by atoms with van der Waals surface area (Å²) in [6, 6.07) is 10.7. The third kappa shape index (κ3) is 3.97. The summed E-state index contributed by atoms with van der Waals surface area (Å²) < 4.78 is 26.8. The molecule has 150 valence electrons. The summed E-state index contributed by atoms with van der Waals surface area (Å²) in [5, 5.41) is 12.5. The van der Waals surface area contributed by atoms with Crippen molar-refractivity contribution in [3.63, 3.8) is 0 Å². The van der Waals surface area contributed by atoms with Crippen LogP contribution >= 0.6 is 0 Å². The predicted octanol–water partition coefficient (Wildman–Crippen LogP) is 3.51. The van der Waals surface area contributed by atoms with Crippen molar-refractivity contribution in [1.29, 1.82) is 0 Å². The van der Waals surface area contributed by atoms with E-state index in [-0.39, 0.29) is 18.2 Å². The standard InChI is InChI=1S/C22H21F2N3O2/c23-17-7-6-14(12-18(17)24)25-22(29)21-15-4-1-2-5-19(15)26-20-8-10-27(9-3-11-28)13-16(20)21/h1-2,4-7,12,28H,3,8-11,13H2,(H,25,29). The summed E-state index contributed by atoms with van der Waals surface area (Å²) in [5.41, 5.74) is 3.14. The smallest absolute Gasteiger partial charge is 0.256 e. The van der Waals surface area contributed by atoms with Gasteiger partial charge in [-0.1, -0.05) is 18.2 Å². The van der Waals surface area contributed by atoms with Gasteiger partial charge in [0.05, 0.1) is 11.1 Å². The van der Waals surface area contributed by atoms with E-state index in [0.717, 1.165) is 47.4 Å². The number of hydrogen-bond donors (Lipinski definition) is 2. The number of pyridine rings is 1. The number of anilines is 1. The Kier molecular flexibility index (Phi) is 5.51. The molecule has 1 aliphatic heterocycles. The first-order valence-electron chi connectivity index (χ1n) is 9.57. The largest absolute Gasteiger partial charge is 0.396 e. The highest BCUT2D eigenvalue weighted by molar-refractivity contribution is 6.13. The molecule has 0 radical (unpaired) electrons. The molecule has 0 unspecified atom stereocenters. The highest BCUT2D eigenvalue weighted by Gasteiger charge is 2.25. The molecule has 4 rings (SSSR count). The number of carbonyl (C=O) groups is 1. The number of carbonyl (C=O) groups excluding carboxylic acids is 1.